The van der Waals surface area contributed by atoms with Crippen LogP contribution in [0.1, 0.15) is 0 Å². The van der Waals surface area contributed by atoms with Gasteiger partial charge in [-0.05, 0) is 28.2 Å². The summed E-state index contributed by atoms with van der Waals surface area (Å²) in [5.41, 5.74) is 0. The van der Waals surface area contributed by atoms with Crippen molar-refractivity contribution in [2.75, 3.05) is 28.2 Å². The Balaban J connectivity index is -0.000000168. The van der Waals surface area contributed by atoms with Crippen LogP contribution in [0.3, 0.4) is 0 Å². The van der Waals surface area contributed by atoms with E-state index in [1.807, 2.05) is 28.2 Å². The highest BCUT2D eigenvalue weighted by molar-refractivity contribution is 5.89. The maximum Gasteiger partial charge on any atom is 0.328 e. The third kappa shape index (κ3) is 75.4. The molecule has 0 atom stereocenters. The predicted molar refractivity (Wildman–Crippen MR) is 54.4 cm³/mol. The fourth-order valence-corrected chi connectivity index (χ4v) is 0.143. The summed E-state index contributed by atoms with van der Waals surface area (Å²) in [7, 11) is 7.50. The smallest absolute Gasteiger partial charge is 0.328 e. The Morgan fingerprint density at radius 3 is 1.07 bits per heavy atom. The number of carboxylic acids is 2. The maximum atomic E-state index is 9.55. The van der Waals surface area contributed by atoms with Crippen LogP contribution in [-0.4, -0.2) is 50.3 Å². The highest BCUT2D eigenvalue weighted by Gasteiger charge is 1.88. The van der Waals surface area contributed by atoms with Gasteiger partial charge in [0.05, 0.1) is 0 Å². The quantitative estimate of drug-likeness (QED) is 0.450. The van der Waals surface area contributed by atoms with Crippen LogP contribution >= 0.6 is 0 Å². The average molecular weight is 206 g/mol. The van der Waals surface area contributed by atoms with Gasteiger partial charge in [0.25, 0.3) is 0 Å². The highest BCUT2D eigenvalue weighted by atomic mass is 16.4. The summed E-state index contributed by atoms with van der Waals surface area (Å²) in [6.45, 7) is 0. The van der Waals surface area contributed by atoms with Gasteiger partial charge < -0.3 is 20.8 Å². The SMILES string of the molecule is CNC.CNC.O=C(O)/C=C\C(=O)O. The van der Waals surface area contributed by atoms with E-state index in [9.17, 15) is 9.59 Å². The molecule has 84 valence electrons. The second-order valence-corrected chi connectivity index (χ2v) is 2.01. The van der Waals surface area contributed by atoms with Crippen molar-refractivity contribution in [2.24, 2.45) is 0 Å². The van der Waals surface area contributed by atoms with Crippen LogP contribution < -0.4 is 10.6 Å². The fourth-order valence-electron chi connectivity index (χ4n) is 0.143. The first-order chi connectivity index (χ1) is 6.45. The summed E-state index contributed by atoms with van der Waals surface area (Å²) in [5.74, 6) is -2.51. The zero-order valence-corrected chi connectivity index (χ0v) is 8.87. The minimum Gasteiger partial charge on any atom is -0.478 e. The lowest BCUT2D eigenvalue weighted by Crippen LogP contribution is -1.91. The lowest BCUT2D eigenvalue weighted by Gasteiger charge is -1.74. The van der Waals surface area contributed by atoms with Crippen LogP contribution in [0.15, 0.2) is 12.2 Å². The van der Waals surface area contributed by atoms with Crippen LogP contribution in [0.4, 0.5) is 0 Å². The summed E-state index contributed by atoms with van der Waals surface area (Å²) in [5, 5.41) is 21.1. The molecule has 0 aliphatic heterocycles. The Kier molecular flexibility index (Phi) is 23.2. The Bertz CT molecular complexity index is 151. The Hall–Kier alpha value is -1.40. The Morgan fingerprint density at radius 2 is 1.00 bits per heavy atom. The van der Waals surface area contributed by atoms with E-state index in [0.717, 1.165) is 0 Å². The summed E-state index contributed by atoms with van der Waals surface area (Å²) in [4.78, 5) is 19.1. The zero-order valence-electron chi connectivity index (χ0n) is 8.87. The molecule has 0 unspecified atom stereocenters. The molecule has 4 N–H and O–H groups in total. The number of nitrogens with one attached hydrogen (secondary N) is 2. The predicted octanol–water partition coefficient (Wildman–Crippen LogP) is -0.617. The lowest BCUT2D eigenvalue weighted by atomic mass is 10.5. The topological polar surface area (TPSA) is 98.7 Å². The van der Waals surface area contributed by atoms with Gasteiger partial charge in [0.15, 0.2) is 0 Å². The molecule has 0 amide bonds. The van der Waals surface area contributed by atoms with E-state index in [4.69, 9.17) is 10.2 Å². The van der Waals surface area contributed by atoms with E-state index in [-0.39, 0.29) is 0 Å². The van der Waals surface area contributed by atoms with Crippen LogP contribution in [0.2, 0.25) is 0 Å². The first kappa shape index (κ1) is 18.4. The third-order valence-corrected chi connectivity index (χ3v) is 0.368. The van der Waals surface area contributed by atoms with Crippen molar-refractivity contribution < 1.29 is 19.8 Å². The van der Waals surface area contributed by atoms with Crippen molar-refractivity contribution in [1.29, 1.82) is 0 Å². The highest BCUT2D eigenvalue weighted by Crippen LogP contribution is 1.70. The van der Waals surface area contributed by atoms with Crippen molar-refractivity contribution >= 4 is 11.9 Å². The number of hydrogen-bond acceptors (Lipinski definition) is 4. The molecular weight excluding hydrogens is 188 g/mol. The number of carboxylic acid groups (broad SMARTS) is 2. The van der Waals surface area contributed by atoms with Crippen molar-refractivity contribution in [3.05, 3.63) is 12.2 Å². The number of carbonyl (C=O) groups is 2. The molecule has 0 saturated heterocycles. The molecule has 6 nitrogen and oxygen atoms in total. The van der Waals surface area contributed by atoms with Gasteiger partial charge in [0.2, 0.25) is 0 Å². The lowest BCUT2D eigenvalue weighted by molar-refractivity contribution is -0.134. The Morgan fingerprint density at radius 1 is 0.857 bits per heavy atom. The van der Waals surface area contributed by atoms with Gasteiger partial charge >= 0.3 is 11.9 Å². The number of hydrogen-bond donors (Lipinski definition) is 4. The molecule has 0 aromatic carbocycles. The molecule has 0 heterocycles. The molecule has 0 aromatic heterocycles. The van der Waals surface area contributed by atoms with Gasteiger partial charge in [-0.15, -0.1) is 0 Å². The molecular formula is C8H18N2O4. The van der Waals surface area contributed by atoms with Gasteiger partial charge in [0.1, 0.15) is 0 Å². The van der Waals surface area contributed by atoms with Gasteiger partial charge in [-0.2, -0.15) is 0 Å². The van der Waals surface area contributed by atoms with Crippen LogP contribution in [0, 0.1) is 0 Å². The second kappa shape index (κ2) is 17.6. The van der Waals surface area contributed by atoms with E-state index >= 15 is 0 Å². The summed E-state index contributed by atoms with van der Waals surface area (Å²) < 4.78 is 0. The molecule has 0 bridgehead atoms. The largest absolute Gasteiger partial charge is 0.478 e. The second-order valence-electron chi connectivity index (χ2n) is 2.01. The van der Waals surface area contributed by atoms with Crippen LogP contribution in [0.5, 0.6) is 0 Å². The molecule has 0 rings (SSSR count). The van der Waals surface area contributed by atoms with Crippen molar-refractivity contribution in [3.63, 3.8) is 0 Å². The molecule has 14 heavy (non-hydrogen) atoms. The first-order valence-corrected chi connectivity index (χ1v) is 3.77. The van der Waals surface area contributed by atoms with Gasteiger partial charge in [-0.25, -0.2) is 9.59 Å². The van der Waals surface area contributed by atoms with Gasteiger partial charge in [-0.3, -0.25) is 0 Å². The molecule has 6 heteroatoms. The fraction of sp³-hybridized carbons (Fsp3) is 0.500. The standard InChI is InChI=1S/C4H4O4.2C2H7N/c5-3(6)1-2-4(7)8;2*1-3-2/h1-2H,(H,5,6)(H,7,8);2*3H,1-2H3/b2-1-;;. The van der Waals surface area contributed by atoms with E-state index < -0.39 is 11.9 Å². The van der Waals surface area contributed by atoms with Crippen molar-refractivity contribution in [1.82, 2.24) is 10.6 Å². The number of rotatable bonds is 2. The summed E-state index contributed by atoms with van der Waals surface area (Å²) >= 11 is 0. The molecule has 0 radical (unpaired) electrons. The van der Waals surface area contributed by atoms with Gasteiger partial charge in [-0.1, -0.05) is 0 Å². The third-order valence-electron chi connectivity index (χ3n) is 0.368. The van der Waals surface area contributed by atoms with Crippen molar-refractivity contribution in [3.8, 4) is 0 Å². The van der Waals surface area contributed by atoms with Crippen LogP contribution in [0.25, 0.3) is 0 Å². The normalized spacial score (nSPS) is 8.00. The Labute approximate surface area is 83.6 Å². The molecule has 0 aliphatic carbocycles. The summed E-state index contributed by atoms with van der Waals surface area (Å²) in [6.07, 6.45) is 1.12. The molecule has 0 aliphatic rings. The average Bonchev–Trinajstić information content (AvgIpc) is 2.04. The minimum atomic E-state index is -1.26. The zero-order chi connectivity index (χ0) is 12.0. The summed E-state index contributed by atoms with van der Waals surface area (Å²) in [6, 6.07) is 0. The maximum absolute atomic E-state index is 9.55. The number of aliphatic carboxylic acids is 2. The van der Waals surface area contributed by atoms with E-state index in [1.165, 1.54) is 0 Å². The van der Waals surface area contributed by atoms with E-state index in [0.29, 0.717) is 12.2 Å². The van der Waals surface area contributed by atoms with E-state index in [2.05, 4.69) is 10.6 Å². The monoisotopic (exact) mass is 206 g/mol. The molecule has 0 aromatic rings. The molecule has 0 spiro atoms. The molecule has 0 saturated carbocycles. The van der Waals surface area contributed by atoms with Gasteiger partial charge in [0, 0.05) is 12.2 Å². The van der Waals surface area contributed by atoms with Crippen LogP contribution in [-0.2, 0) is 9.59 Å². The minimum absolute atomic E-state index is 0.558. The van der Waals surface area contributed by atoms with Crippen molar-refractivity contribution in [2.45, 2.75) is 0 Å². The van der Waals surface area contributed by atoms with E-state index in [1.54, 1.807) is 0 Å². The molecule has 0 fully saturated rings. The first-order valence-electron chi connectivity index (χ1n) is 3.77.